The van der Waals surface area contributed by atoms with Crippen LogP contribution in [0.2, 0.25) is 0 Å². The van der Waals surface area contributed by atoms with E-state index in [2.05, 4.69) is 110 Å². The van der Waals surface area contributed by atoms with Crippen LogP contribution in [0.4, 0.5) is 0 Å². The molecule has 0 N–H and O–H groups in total. The van der Waals surface area contributed by atoms with Gasteiger partial charge in [-0.3, -0.25) is 0 Å². The molecule has 0 unspecified atom stereocenters. The summed E-state index contributed by atoms with van der Waals surface area (Å²) < 4.78 is 0. The fourth-order valence-electron chi connectivity index (χ4n) is 3.58. The summed E-state index contributed by atoms with van der Waals surface area (Å²) in [4.78, 5) is 0. The van der Waals surface area contributed by atoms with Crippen molar-refractivity contribution in [2.45, 2.75) is 20.8 Å². The molecule has 0 spiro atoms. The third-order valence-corrected chi connectivity index (χ3v) is 12.6. The molecule has 0 heterocycles. The Kier molecular flexibility index (Phi) is 5.98. The number of hydrogen-bond acceptors (Lipinski definition) is 0. The summed E-state index contributed by atoms with van der Waals surface area (Å²) in [6, 6.07) is 26.3. The van der Waals surface area contributed by atoms with E-state index >= 15 is 0 Å². The van der Waals surface area contributed by atoms with Gasteiger partial charge in [0.05, 0.1) is 0 Å². The van der Waals surface area contributed by atoms with Crippen LogP contribution in [0.25, 0.3) is 0 Å². The van der Waals surface area contributed by atoms with Gasteiger partial charge in [0.15, 0.2) is 0 Å². The molecule has 0 aliphatic rings. The van der Waals surface area contributed by atoms with Crippen molar-refractivity contribution in [2.75, 3.05) is 6.66 Å². The minimum absolute atomic E-state index is 0. The molecule has 3 heteroatoms. The van der Waals surface area contributed by atoms with Crippen LogP contribution in [0.5, 0.6) is 0 Å². The third kappa shape index (κ3) is 3.25. The van der Waals surface area contributed by atoms with Gasteiger partial charge in [0.2, 0.25) is 0 Å². The second-order valence-electron chi connectivity index (χ2n) is 6.89. The summed E-state index contributed by atoms with van der Waals surface area (Å²) in [5.74, 6) is 0. The van der Waals surface area contributed by atoms with Crippen LogP contribution in [0, 0.1) is 20.8 Å². The van der Waals surface area contributed by atoms with Crippen molar-refractivity contribution in [3.63, 3.8) is 0 Å². The first kappa shape index (κ1) is 20.4. The van der Waals surface area contributed by atoms with Gasteiger partial charge in [0.1, 0.15) is 0 Å². The molecule has 0 aromatic heterocycles. The van der Waals surface area contributed by atoms with Gasteiger partial charge in [-0.15, -0.1) is 0 Å². The fourth-order valence-corrected chi connectivity index (χ4v) is 9.34. The molecular weight excluding hydrogens is 520 g/mol. The van der Waals surface area contributed by atoms with Gasteiger partial charge in [-0.2, -0.15) is 0 Å². The molecule has 0 saturated heterocycles. The molecule has 4 radical (unpaired) electrons. The minimum atomic E-state index is -2.67. The van der Waals surface area contributed by atoms with Crippen LogP contribution in [0.15, 0.2) is 72.8 Å². The van der Waals surface area contributed by atoms with Gasteiger partial charge in [-0.25, -0.2) is 0 Å². The molecule has 3 aromatic rings. The zero-order valence-corrected chi connectivity index (χ0v) is 19.2. The van der Waals surface area contributed by atoms with E-state index in [0.717, 1.165) is 0 Å². The number of benzene rings is 3. The zero-order chi connectivity index (χ0) is 17.4. The van der Waals surface area contributed by atoms with Crippen LogP contribution in [0.1, 0.15) is 16.7 Å². The topological polar surface area (TPSA) is 0 Å². The number of hydrogen-bond donors (Lipinski definition) is 0. The first-order chi connectivity index (χ1) is 11.4. The van der Waals surface area contributed by atoms with Crippen molar-refractivity contribution < 1.29 is 22.4 Å². The molecule has 0 fully saturated rings. The Hall–Kier alpha value is -0.953. The third-order valence-electron chi connectivity index (χ3n) is 5.44. The van der Waals surface area contributed by atoms with Gasteiger partial charge in [-0.05, 0) is 0 Å². The summed E-state index contributed by atoms with van der Waals surface area (Å²) >= 11 is 0. The molecule has 0 nitrogen and oxygen atoms in total. The van der Waals surface area contributed by atoms with Crippen molar-refractivity contribution in [1.29, 1.82) is 0 Å². The second kappa shape index (κ2) is 7.35. The summed E-state index contributed by atoms with van der Waals surface area (Å²) in [6.07, 6.45) is -2.67. The van der Waals surface area contributed by atoms with E-state index < -0.39 is 6.15 Å². The van der Waals surface area contributed by atoms with Crippen molar-refractivity contribution >= 4 is 32.0 Å². The van der Waals surface area contributed by atoms with E-state index in [0.29, 0.717) is 0 Å². The van der Waals surface area contributed by atoms with Gasteiger partial charge < -0.3 is 0 Å². The maximum absolute atomic E-state index is 4.42. The van der Waals surface area contributed by atoms with E-state index in [4.69, 9.17) is 0 Å². The standard InChI is InChI=1S/C22H24PSi.Au/c1-17-15-16-22(19(3)18(17)2)23(4,24,20-11-7-5-8-12-20)21-13-9-6-10-14-21;/h5-16H,1-4H3;. The predicted molar refractivity (Wildman–Crippen MR) is 111 cm³/mol. The molecule has 0 saturated carbocycles. The van der Waals surface area contributed by atoms with Crippen LogP contribution in [-0.2, 0) is 22.4 Å². The Morgan fingerprint density at radius 1 is 0.640 bits per heavy atom. The quantitative estimate of drug-likeness (QED) is 0.344. The predicted octanol–water partition coefficient (Wildman–Crippen LogP) is 4.15. The maximum atomic E-state index is 4.42. The van der Waals surface area contributed by atoms with Crippen molar-refractivity contribution in [2.24, 2.45) is 0 Å². The smallest absolute Gasteiger partial charge is 0 e. The SMILES string of the molecule is Cc1ccc(P(C)([Si])(c2ccccc2)c2ccccc2)c(C)c1C.[Au]. The first-order valence-corrected chi connectivity index (χ1v) is 12.3. The van der Waals surface area contributed by atoms with Gasteiger partial charge >= 0.3 is 149 Å². The average Bonchev–Trinajstić information content (AvgIpc) is 2.61. The summed E-state index contributed by atoms with van der Waals surface area (Å²) in [6.45, 7) is 9.08. The Balaban J connectivity index is 0.00000225. The molecule has 0 amide bonds. The maximum Gasteiger partial charge on any atom is 0 e. The Morgan fingerprint density at radius 2 is 1.08 bits per heavy atom. The van der Waals surface area contributed by atoms with E-state index in [9.17, 15) is 0 Å². The van der Waals surface area contributed by atoms with Crippen LogP contribution < -0.4 is 15.9 Å². The molecule has 25 heavy (non-hydrogen) atoms. The first-order valence-electron chi connectivity index (χ1n) is 8.32. The molecule has 3 aromatic carbocycles. The average molecular weight is 544 g/mol. The van der Waals surface area contributed by atoms with Gasteiger partial charge in [0.25, 0.3) is 0 Å². The van der Waals surface area contributed by atoms with E-state index in [-0.39, 0.29) is 22.4 Å². The molecule has 0 aliphatic carbocycles. The molecule has 3 rings (SSSR count). The Labute approximate surface area is 170 Å². The monoisotopic (exact) mass is 544 g/mol. The van der Waals surface area contributed by atoms with Crippen LogP contribution in [0.3, 0.4) is 0 Å². The number of aryl methyl sites for hydroxylation is 1. The molecule has 0 atom stereocenters. The fraction of sp³-hybridized carbons (Fsp3) is 0.182. The Bertz CT molecular complexity index is 830. The van der Waals surface area contributed by atoms with Crippen molar-refractivity contribution in [1.82, 2.24) is 0 Å². The Morgan fingerprint density at radius 3 is 1.52 bits per heavy atom. The van der Waals surface area contributed by atoms with E-state index in [1.54, 1.807) is 0 Å². The van der Waals surface area contributed by atoms with Gasteiger partial charge in [-0.1, -0.05) is 0 Å². The van der Waals surface area contributed by atoms with Gasteiger partial charge in [0, 0.05) is 22.4 Å². The second-order valence-corrected chi connectivity index (χ2v) is 14.9. The molecule has 132 valence electrons. The van der Waals surface area contributed by atoms with Crippen molar-refractivity contribution in [3.8, 4) is 0 Å². The number of rotatable bonds is 3. The van der Waals surface area contributed by atoms with E-state index in [1.807, 2.05) is 0 Å². The summed E-state index contributed by atoms with van der Waals surface area (Å²) in [7, 11) is 4.42. The largest absolute Gasteiger partial charge is 0 e. The zero-order valence-electron chi connectivity index (χ0n) is 15.2. The molecule has 0 aliphatic heterocycles. The van der Waals surface area contributed by atoms with Crippen LogP contribution >= 0.6 is 6.15 Å². The molecule has 0 bridgehead atoms. The summed E-state index contributed by atoms with van der Waals surface area (Å²) in [5.41, 5.74) is 4.12. The normalized spacial score (nSPS) is 12.8. The van der Waals surface area contributed by atoms with Crippen LogP contribution in [-0.4, -0.2) is 16.6 Å². The van der Waals surface area contributed by atoms with E-state index in [1.165, 1.54) is 32.6 Å². The molecular formula is C22H24AuPSi. The van der Waals surface area contributed by atoms with Crippen molar-refractivity contribution in [3.05, 3.63) is 89.5 Å². The summed E-state index contributed by atoms with van der Waals surface area (Å²) in [5, 5.41) is 4.13. The minimum Gasteiger partial charge on any atom is 0 e.